The summed E-state index contributed by atoms with van der Waals surface area (Å²) in [7, 11) is -3.34. The monoisotopic (exact) mass is 580 g/mol. The quantitative estimate of drug-likeness (QED) is 0.193. The van der Waals surface area contributed by atoms with Gasteiger partial charge in [0.2, 0.25) is 0 Å². The lowest BCUT2D eigenvalue weighted by Crippen LogP contribution is -2.13. The Morgan fingerprint density at radius 1 is 1.07 bits per heavy atom. The molecule has 3 aromatic carbocycles. The van der Waals surface area contributed by atoms with Crippen LogP contribution in [0.3, 0.4) is 0 Å². The summed E-state index contributed by atoms with van der Waals surface area (Å²) >= 11 is 6.74. The molecular formula is C31H33ClN2O5S. The van der Waals surface area contributed by atoms with Crippen molar-refractivity contribution in [3.05, 3.63) is 77.1 Å². The molecule has 1 aromatic heterocycles. The number of imidazole rings is 1. The van der Waals surface area contributed by atoms with E-state index >= 15 is 0 Å². The Morgan fingerprint density at radius 2 is 1.80 bits per heavy atom. The molecule has 1 aliphatic rings. The van der Waals surface area contributed by atoms with Crippen molar-refractivity contribution >= 4 is 38.4 Å². The SMILES string of the molecule is CCOC(=O)CC(c1ccc(S(=O)(=O)CC2CC2)cc1)c1nc2cc(-c3ccccc3OC(C)C)c(Cl)cc2[nH]1. The molecule has 40 heavy (non-hydrogen) atoms. The van der Waals surface area contributed by atoms with Crippen LogP contribution in [-0.4, -0.2) is 42.8 Å². The lowest BCUT2D eigenvalue weighted by molar-refractivity contribution is -0.143. The zero-order chi connectivity index (χ0) is 28.4. The Hall–Kier alpha value is -3.36. The Morgan fingerprint density at radius 3 is 2.48 bits per heavy atom. The normalized spacial score (nSPS) is 14.4. The average Bonchev–Trinajstić information content (AvgIpc) is 3.62. The summed E-state index contributed by atoms with van der Waals surface area (Å²) in [6, 6.07) is 18.2. The van der Waals surface area contributed by atoms with Crippen LogP contribution in [0.4, 0.5) is 0 Å². The molecule has 1 heterocycles. The van der Waals surface area contributed by atoms with Crippen LogP contribution < -0.4 is 4.74 Å². The first-order valence-corrected chi connectivity index (χ1v) is 15.6. The highest BCUT2D eigenvalue weighted by Crippen LogP contribution is 2.39. The van der Waals surface area contributed by atoms with Gasteiger partial charge < -0.3 is 14.5 Å². The van der Waals surface area contributed by atoms with Gasteiger partial charge in [-0.1, -0.05) is 41.9 Å². The number of sulfone groups is 1. The number of ether oxygens (including phenoxy) is 2. The summed E-state index contributed by atoms with van der Waals surface area (Å²) in [5, 5.41) is 0.537. The fourth-order valence-corrected chi connectivity index (χ4v) is 6.79. The smallest absolute Gasteiger partial charge is 0.306 e. The fraction of sp³-hybridized carbons (Fsp3) is 0.355. The molecule has 5 rings (SSSR count). The number of rotatable bonds is 11. The molecule has 0 saturated heterocycles. The Bertz CT molecular complexity index is 1630. The number of carbonyl (C=O) groups excluding carboxylic acids is 1. The van der Waals surface area contributed by atoms with Crippen molar-refractivity contribution in [1.82, 2.24) is 9.97 Å². The van der Waals surface area contributed by atoms with Crippen LogP contribution in [-0.2, 0) is 19.4 Å². The van der Waals surface area contributed by atoms with Crippen LogP contribution in [0, 0.1) is 5.92 Å². The number of nitrogens with zero attached hydrogens (tertiary/aromatic N) is 1. The average molecular weight is 581 g/mol. The number of H-pyrrole nitrogens is 1. The van der Waals surface area contributed by atoms with Gasteiger partial charge in [-0.15, -0.1) is 0 Å². The minimum atomic E-state index is -3.34. The van der Waals surface area contributed by atoms with E-state index in [0.29, 0.717) is 21.3 Å². The second-order valence-corrected chi connectivity index (χ2v) is 12.9. The lowest BCUT2D eigenvalue weighted by atomic mass is 9.95. The Balaban J connectivity index is 1.52. The van der Waals surface area contributed by atoms with Crippen molar-refractivity contribution in [3.8, 4) is 16.9 Å². The third-order valence-electron chi connectivity index (χ3n) is 6.93. The molecule has 1 aliphatic carbocycles. The van der Waals surface area contributed by atoms with E-state index in [2.05, 4.69) is 4.98 Å². The summed E-state index contributed by atoms with van der Waals surface area (Å²) in [4.78, 5) is 21.1. The molecule has 0 amide bonds. The molecule has 1 saturated carbocycles. The van der Waals surface area contributed by atoms with Gasteiger partial charge in [-0.05, 0) is 75.4 Å². The van der Waals surface area contributed by atoms with Gasteiger partial charge in [0, 0.05) is 11.1 Å². The van der Waals surface area contributed by atoms with Crippen LogP contribution in [0.5, 0.6) is 5.75 Å². The minimum absolute atomic E-state index is 0.000592. The topological polar surface area (TPSA) is 98.4 Å². The molecule has 1 N–H and O–H groups in total. The molecule has 1 unspecified atom stereocenters. The minimum Gasteiger partial charge on any atom is -0.490 e. The molecule has 210 valence electrons. The van der Waals surface area contributed by atoms with E-state index < -0.39 is 15.8 Å². The summed E-state index contributed by atoms with van der Waals surface area (Å²) in [6.07, 6.45) is 1.98. The van der Waals surface area contributed by atoms with Crippen molar-refractivity contribution in [3.63, 3.8) is 0 Å². The highest BCUT2D eigenvalue weighted by atomic mass is 35.5. The Labute approximate surface area is 239 Å². The van der Waals surface area contributed by atoms with Crippen molar-refractivity contribution in [2.45, 2.75) is 57.0 Å². The number of fused-ring (bicyclic) bond motifs is 1. The summed E-state index contributed by atoms with van der Waals surface area (Å²) in [6.45, 7) is 5.97. The molecule has 1 fully saturated rings. The number of aromatic amines is 1. The number of hydrogen-bond donors (Lipinski definition) is 1. The number of benzene rings is 3. The molecule has 7 nitrogen and oxygen atoms in total. The van der Waals surface area contributed by atoms with Gasteiger partial charge >= 0.3 is 5.97 Å². The second-order valence-electron chi connectivity index (χ2n) is 10.5. The van der Waals surface area contributed by atoms with Crippen molar-refractivity contribution in [2.75, 3.05) is 12.4 Å². The van der Waals surface area contributed by atoms with E-state index in [9.17, 15) is 13.2 Å². The van der Waals surface area contributed by atoms with E-state index in [0.717, 1.165) is 40.8 Å². The predicted octanol–water partition coefficient (Wildman–Crippen LogP) is 6.94. The van der Waals surface area contributed by atoms with Crippen LogP contribution in [0.2, 0.25) is 5.02 Å². The molecular weight excluding hydrogens is 548 g/mol. The summed E-state index contributed by atoms with van der Waals surface area (Å²) in [5.74, 6) is 0.902. The number of esters is 1. The predicted molar refractivity (Wildman–Crippen MR) is 157 cm³/mol. The van der Waals surface area contributed by atoms with Crippen LogP contribution in [0.15, 0.2) is 65.6 Å². The molecule has 0 spiro atoms. The van der Waals surface area contributed by atoms with Gasteiger partial charge in [0.1, 0.15) is 11.6 Å². The van der Waals surface area contributed by atoms with Crippen molar-refractivity contribution in [1.29, 1.82) is 0 Å². The third-order valence-corrected chi connectivity index (χ3v) is 9.14. The molecule has 1 atom stereocenters. The van der Waals surface area contributed by atoms with Crippen LogP contribution >= 0.6 is 11.6 Å². The highest BCUT2D eigenvalue weighted by molar-refractivity contribution is 7.91. The van der Waals surface area contributed by atoms with Gasteiger partial charge in [-0.25, -0.2) is 13.4 Å². The molecule has 0 aliphatic heterocycles. The van der Waals surface area contributed by atoms with Gasteiger partial charge in [0.15, 0.2) is 9.84 Å². The standard InChI is InChI=1S/C31H33ClN2O5S/c1-4-38-30(35)16-24(21-11-13-22(14-12-21)40(36,37)18-20-9-10-20)31-33-27-15-25(26(32)17-28(27)34-31)23-7-5-6-8-29(23)39-19(2)3/h5-8,11-15,17,19-20,24H,4,9-10,16,18H2,1-3H3,(H,33,34). The second kappa shape index (κ2) is 11.6. The van der Waals surface area contributed by atoms with E-state index in [1.54, 1.807) is 31.2 Å². The summed E-state index contributed by atoms with van der Waals surface area (Å²) in [5.41, 5.74) is 3.82. The zero-order valence-corrected chi connectivity index (χ0v) is 24.4. The van der Waals surface area contributed by atoms with E-state index in [1.165, 1.54) is 0 Å². The van der Waals surface area contributed by atoms with Gasteiger partial charge in [0.05, 0.1) is 51.8 Å². The summed E-state index contributed by atoms with van der Waals surface area (Å²) < 4.78 is 36.8. The van der Waals surface area contributed by atoms with Crippen molar-refractivity contribution < 1.29 is 22.7 Å². The first-order chi connectivity index (χ1) is 19.1. The van der Waals surface area contributed by atoms with Gasteiger partial charge in [-0.2, -0.15) is 0 Å². The fourth-order valence-electron chi connectivity index (χ4n) is 4.82. The number of halogens is 1. The molecule has 4 aromatic rings. The first kappa shape index (κ1) is 28.2. The lowest BCUT2D eigenvalue weighted by Gasteiger charge is -2.15. The van der Waals surface area contributed by atoms with Crippen LogP contribution in [0.25, 0.3) is 22.2 Å². The van der Waals surface area contributed by atoms with Gasteiger partial charge in [-0.3, -0.25) is 4.79 Å². The molecule has 0 bridgehead atoms. The third kappa shape index (κ3) is 6.34. The largest absolute Gasteiger partial charge is 0.490 e. The maximum absolute atomic E-state index is 12.8. The first-order valence-electron chi connectivity index (χ1n) is 13.6. The van der Waals surface area contributed by atoms with Crippen LogP contribution in [0.1, 0.15) is 57.3 Å². The maximum Gasteiger partial charge on any atom is 0.306 e. The van der Waals surface area contributed by atoms with E-state index in [4.69, 9.17) is 26.1 Å². The highest BCUT2D eigenvalue weighted by Gasteiger charge is 2.30. The zero-order valence-electron chi connectivity index (χ0n) is 22.8. The van der Waals surface area contributed by atoms with Crippen molar-refractivity contribution in [2.24, 2.45) is 5.92 Å². The van der Waals surface area contributed by atoms with Gasteiger partial charge in [0.25, 0.3) is 0 Å². The number of nitrogens with one attached hydrogen (secondary N) is 1. The molecule has 9 heteroatoms. The number of carbonyl (C=O) groups is 1. The number of hydrogen-bond acceptors (Lipinski definition) is 6. The Kier molecular flexibility index (Phi) is 8.19. The molecule has 0 radical (unpaired) electrons. The van der Waals surface area contributed by atoms with E-state index in [-0.39, 0.29) is 36.8 Å². The number of aromatic nitrogens is 2. The maximum atomic E-state index is 12.8. The number of para-hydroxylation sites is 1. The van der Waals surface area contributed by atoms with E-state index in [1.807, 2.05) is 50.2 Å².